The van der Waals surface area contributed by atoms with Crippen molar-refractivity contribution in [3.63, 3.8) is 0 Å². The molecule has 0 bridgehead atoms. The number of anilines is 1. The summed E-state index contributed by atoms with van der Waals surface area (Å²) >= 11 is 0. The van der Waals surface area contributed by atoms with E-state index in [1.165, 1.54) is 14.2 Å². The van der Waals surface area contributed by atoms with Crippen LogP contribution < -0.4 is 21.5 Å². The lowest BCUT2D eigenvalue weighted by Gasteiger charge is -2.15. The van der Waals surface area contributed by atoms with E-state index in [9.17, 15) is 14.4 Å². The Morgan fingerprint density at radius 1 is 1.15 bits per heavy atom. The SMILES string of the molecule is C=C(CN1Cc2c(ccc3ccc(-c4cc(OC)c(N)c(C(=O)NC)c4)cc23)C1=O)C(N)=O. The topological polar surface area (TPSA) is 128 Å². The Balaban J connectivity index is 1.81. The number of ether oxygens (including phenoxy) is 1. The molecule has 8 nitrogen and oxygen atoms in total. The fraction of sp³-hybridized carbons (Fsp3) is 0.160. The molecule has 0 unspecified atom stereocenters. The Bertz CT molecular complexity index is 1350. The van der Waals surface area contributed by atoms with Crippen LogP contribution in [-0.2, 0) is 11.3 Å². The maximum atomic E-state index is 12.9. The summed E-state index contributed by atoms with van der Waals surface area (Å²) in [6, 6.07) is 13.1. The molecular formula is C25H24N4O4. The first-order chi connectivity index (χ1) is 15.7. The van der Waals surface area contributed by atoms with Gasteiger partial charge < -0.3 is 26.4 Å². The lowest BCUT2D eigenvalue weighted by Crippen LogP contribution is -2.30. The number of primary amides is 1. The highest BCUT2D eigenvalue weighted by Gasteiger charge is 2.29. The minimum absolute atomic E-state index is 0.0781. The van der Waals surface area contributed by atoms with Gasteiger partial charge in [-0.1, -0.05) is 24.8 Å². The summed E-state index contributed by atoms with van der Waals surface area (Å²) in [5.41, 5.74) is 15.2. The highest BCUT2D eigenvalue weighted by atomic mass is 16.5. The van der Waals surface area contributed by atoms with Gasteiger partial charge >= 0.3 is 0 Å². The summed E-state index contributed by atoms with van der Waals surface area (Å²) in [5, 5.41) is 4.46. The standard InChI is InChI=1S/C25H24N4O4/c1-13(23(27)30)11-29-12-20-17(25(29)32)7-6-14-4-5-15(8-18(14)20)16-9-19(24(31)28-2)22(26)21(10-16)33-3/h4-10H,1,11-12,26H2,2-3H3,(H2,27,30)(H,28,31). The van der Waals surface area contributed by atoms with E-state index in [1.807, 2.05) is 24.3 Å². The third-order valence-corrected chi connectivity index (χ3v) is 5.90. The number of nitrogens with two attached hydrogens (primary N) is 2. The molecule has 0 spiro atoms. The van der Waals surface area contributed by atoms with Gasteiger partial charge in [0.05, 0.1) is 24.9 Å². The number of carbonyl (C=O) groups is 3. The van der Waals surface area contributed by atoms with Crippen LogP contribution in [0.4, 0.5) is 5.69 Å². The molecule has 0 saturated heterocycles. The van der Waals surface area contributed by atoms with Crippen LogP contribution in [-0.4, -0.2) is 43.3 Å². The molecule has 33 heavy (non-hydrogen) atoms. The van der Waals surface area contributed by atoms with E-state index in [4.69, 9.17) is 16.2 Å². The van der Waals surface area contributed by atoms with Crippen molar-refractivity contribution in [3.8, 4) is 16.9 Å². The largest absolute Gasteiger partial charge is 0.495 e. The Hall–Kier alpha value is -4.33. The number of carbonyl (C=O) groups excluding carboxylic acids is 3. The van der Waals surface area contributed by atoms with E-state index in [0.717, 1.165) is 27.5 Å². The lowest BCUT2D eigenvalue weighted by atomic mass is 9.95. The minimum Gasteiger partial charge on any atom is -0.495 e. The molecule has 0 saturated carbocycles. The molecule has 8 heteroatoms. The summed E-state index contributed by atoms with van der Waals surface area (Å²) in [7, 11) is 3.03. The predicted octanol–water partition coefficient (Wildman–Crippen LogP) is 2.45. The Morgan fingerprint density at radius 3 is 2.55 bits per heavy atom. The number of fused-ring (bicyclic) bond motifs is 3. The van der Waals surface area contributed by atoms with E-state index in [-0.39, 0.29) is 29.6 Å². The summed E-state index contributed by atoms with van der Waals surface area (Å²) in [6.07, 6.45) is 0. The number of nitrogen functional groups attached to an aromatic ring is 1. The minimum atomic E-state index is -0.630. The summed E-state index contributed by atoms with van der Waals surface area (Å²) in [5.74, 6) is -0.716. The number of hydrogen-bond donors (Lipinski definition) is 3. The van der Waals surface area contributed by atoms with E-state index < -0.39 is 5.91 Å². The normalized spacial score (nSPS) is 12.5. The molecule has 0 fully saturated rings. The second kappa shape index (κ2) is 8.31. The molecule has 0 radical (unpaired) electrons. The van der Waals surface area contributed by atoms with Gasteiger partial charge in [0.15, 0.2) is 0 Å². The van der Waals surface area contributed by atoms with Crippen molar-refractivity contribution in [2.45, 2.75) is 6.54 Å². The van der Waals surface area contributed by atoms with Crippen molar-refractivity contribution in [2.24, 2.45) is 5.73 Å². The van der Waals surface area contributed by atoms with Gasteiger partial charge in [-0.25, -0.2) is 0 Å². The van der Waals surface area contributed by atoms with Crippen molar-refractivity contribution in [3.05, 3.63) is 71.3 Å². The van der Waals surface area contributed by atoms with Crippen LogP contribution in [0.3, 0.4) is 0 Å². The second-order valence-corrected chi connectivity index (χ2v) is 7.88. The molecule has 4 rings (SSSR count). The smallest absolute Gasteiger partial charge is 0.254 e. The van der Waals surface area contributed by atoms with Crippen molar-refractivity contribution >= 4 is 34.2 Å². The maximum absolute atomic E-state index is 12.9. The lowest BCUT2D eigenvalue weighted by molar-refractivity contribution is -0.114. The number of hydrogen-bond acceptors (Lipinski definition) is 5. The quantitative estimate of drug-likeness (QED) is 0.397. The number of methoxy groups -OCH3 is 1. The summed E-state index contributed by atoms with van der Waals surface area (Å²) < 4.78 is 5.39. The molecule has 0 aliphatic carbocycles. The summed E-state index contributed by atoms with van der Waals surface area (Å²) in [6.45, 7) is 4.08. The summed E-state index contributed by atoms with van der Waals surface area (Å²) in [4.78, 5) is 38.2. The van der Waals surface area contributed by atoms with Gasteiger partial charge in [-0.05, 0) is 51.7 Å². The molecule has 1 heterocycles. The fourth-order valence-corrected chi connectivity index (χ4v) is 4.09. The molecule has 1 aliphatic rings. The molecule has 168 valence electrons. The van der Waals surface area contributed by atoms with Gasteiger partial charge in [-0.2, -0.15) is 0 Å². The van der Waals surface area contributed by atoms with Gasteiger partial charge in [0.25, 0.3) is 11.8 Å². The first-order valence-corrected chi connectivity index (χ1v) is 10.3. The van der Waals surface area contributed by atoms with Gasteiger partial charge in [0.2, 0.25) is 5.91 Å². The molecule has 1 aliphatic heterocycles. The highest BCUT2D eigenvalue weighted by Crippen LogP contribution is 2.36. The molecule has 0 atom stereocenters. The second-order valence-electron chi connectivity index (χ2n) is 7.88. The average molecular weight is 444 g/mol. The van der Waals surface area contributed by atoms with Crippen molar-refractivity contribution < 1.29 is 19.1 Å². The Labute approximate surface area is 190 Å². The zero-order valence-electron chi connectivity index (χ0n) is 18.4. The van der Waals surface area contributed by atoms with E-state index in [0.29, 0.717) is 23.4 Å². The van der Waals surface area contributed by atoms with Gasteiger partial charge in [0, 0.05) is 24.7 Å². The third kappa shape index (κ3) is 3.76. The molecule has 3 aromatic carbocycles. The van der Waals surface area contributed by atoms with E-state index in [2.05, 4.69) is 11.9 Å². The van der Waals surface area contributed by atoms with Crippen LogP contribution in [0.1, 0.15) is 26.3 Å². The Morgan fingerprint density at radius 2 is 1.88 bits per heavy atom. The first-order valence-electron chi connectivity index (χ1n) is 10.3. The highest BCUT2D eigenvalue weighted by molar-refractivity contribution is 6.06. The van der Waals surface area contributed by atoms with Crippen LogP contribution in [0.5, 0.6) is 5.75 Å². The zero-order chi connectivity index (χ0) is 23.9. The third-order valence-electron chi connectivity index (χ3n) is 5.90. The monoisotopic (exact) mass is 444 g/mol. The molecular weight excluding hydrogens is 420 g/mol. The van der Waals surface area contributed by atoms with Crippen molar-refractivity contribution in [1.82, 2.24) is 10.2 Å². The van der Waals surface area contributed by atoms with Gasteiger partial charge in [-0.15, -0.1) is 0 Å². The maximum Gasteiger partial charge on any atom is 0.254 e. The average Bonchev–Trinajstić information content (AvgIpc) is 3.13. The number of nitrogens with one attached hydrogen (secondary N) is 1. The molecule has 5 N–H and O–H groups in total. The van der Waals surface area contributed by atoms with Crippen LogP contribution in [0.15, 0.2) is 54.6 Å². The first kappa shape index (κ1) is 21.9. The van der Waals surface area contributed by atoms with Crippen molar-refractivity contribution in [1.29, 1.82) is 0 Å². The number of nitrogens with zero attached hydrogens (tertiary/aromatic N) is 1. The van der Waals surface area contributed by atoms with Crippen molar-refractivity contribution in [2.75, 3.05) is 26.4 Å². The fourth-order valence-electron chi connectivity index (χ4n) is 4.09. The molecule has 3 aromatic rings. The van der Waals surface area contributed by atoms with Gasteiger partial charge in [-0.3, -0.25) is 14.4 Å². The van der Waals surface area contributed by atoms with E-state index >= 15 is 0 Å². The molecule has 0 aromatic heterocycles. The van der Waals surface area contributed by atoms with Crippen LogP contribution in [0.2, 0.25) is 0 Å². The molecule has 3 amide bonds. The number of amides is 3. The van der Waals surface area contributed by atoms with Gasteiger partial charge in [0.1, 0.15) is 5.75 Å². The van der Waals surface area contributed by atoms with E-state index in [1.54, 1.807) is 23.1 Å². The number of rotatable bonds is 6. The van der Waals surface area contributed by atoms with Crippen LogP contribution in [0.25, 0.3) is 21.9 Å². The predicted molar refractivity (Wildman–Crippen MR) is 127 cm³/mol. The Kier molecular flexibility index (Phi) is 5.51. The van der Waals surface area contributed by atoms with Crippen LogP contribution in [0, 0.1) is 0 Å². The van der Waals surface area contributed by atoms with Crippen LogP contribution >= 0.6 is 0 Å². The number of benzene rings is 3. The zero-order valence-corrected chi connectivity index (χ0v) is 18.4.